The van der Waals surface area contributed by atoms with E-state index < -0.39 is 0 Å². The summed E-state index contributed by atoms with van der Waals surface area (Å²) >= 11 is 1.87. The van der Waals surface area contributed by atoms with Gasteiger partial charge in [-0.3, -0.25) is 9.59 Å². The summed E-state index contributed by atoms with van der Waals surface area (Å²) in [7, 11) is 0. The highest BCUT2D eigenvalue weighted by Crippen LogP contribution is 2.17. The van der Waals surface area contributed by atoms with Gasteiger partial charge in [-0.2, -0.15) is 16.9 Å². The van der Waals surface area contributed by atoms with Crippen LogP contribution >= 0.6 is 11.8 Å². The summed E-state index contributed by atoms with van der Waals surface area (Å²) in [4.78, 5) is 26.1. The lowest BCUT2D eigenvalue weighted by atomic mass is 9.97. The molecule has 1 aliphatic heterocycles. The molecule has 0 aromatic carbocycles. The predicted molar refractivity (Wildman–Crippen MR) is 79.0 cm³/mol. The maximum Gasteiger partial charge on any atom is 0.267 e. The Hall–Kier alpha value is -1.30. The number of amides is 1. The molecule has 1 aromatic heterocycles. The second-order valence-electron chi connectivity index (χ2n) is 5.31. The summed E-state index contributed by atoms with van der Waals surface area (Å²) in [6, 6.07) is 1.67. The van der Waals surface area contributed by atoms with Crippen LogP contribution in [0.25, 0.3) is 0 Å². The number of aryl methyl sites for hydroxylation is 2. The van der Waals surface area contributed by atoms with Crippen molar-refractivity contribution in [3.05, 3.63) is 27.7 Å². The van der Waals surface area contributed by atoms with Crippen molar-refractivity contribution in [1.82, 2.24) is 14.7 Å². The Morgan fingerprint density at radius 1 is 1.25 bits per heavy atom. The Kier molecular flexibility index (Phi) is 4.10. The lowest BCUT2D eigenvalue weighted by Crippen LogP contribution is -2.42. The highest BCUT2D eigenvalue weighted by atomic mass is 32.2. The van der Waals surface area contributed by atoms with Gasteiger partial charge in [0.2, 0.25) is 5.91 Å². The van der Waals surface area contributed by atoms with Crippen molar-refractivity contribution in [2.24, 2.45) is 0 Å². The second kappa shape index (κ2) is 5.99. The monoisotopic (exact) mass is 293 g/mol. The molecule has 2 heterocycles. The Labute approximate surface area is 122 Å². The van der Waals surface area contributed by atoms with Gasteiger partial charge in [-0.25, -0.2) is 4.68 Å². The lowest BCUT2D eigenvalue weighted by molar-refractivity contribution is -0.131. The summed E-state index contributed by atoms with van der Waals surface area (Å²) in [5.41, 5.74) is 1.92. The number of hydrogen-bond acceptors (Lipinski definition) is 4. The molecule has 0 N–H and O–H groups in total. The molecule has 0 spiro atoms. The zero-order valence-electron chi connectivity index (χ0n) is 11.5. The van der Waals surface area contributed by atoms with E-state index in [1.807, 2.05) is 16.7 Å². The molecule has 0 saturated carbocycles. The molecular formula is C14H19N3O2S. The van der Waals surface area contributed by atoms with Crippen LogP contribution in [0.3, 0.4) is 0 Å². The normalized spacial score (nSPS) is 18.7. The van der Waals surface area contributed by atoms with Crippen molar-refractivity contribution < 1.29 is 4.79 Å². The molecule has 0 atom stereocenters. The molecule has 2 aliphatic rings. The van der Waals surface area contributed by atoms with E-state index in [0.29, 0.717) is 0 Å². The Morgan fingerprint density at radius 3 is 2.80 bits per heavy atom. The van der Waals surface area contributed by atoms with Crippen LogP contribution in [0.15, 0.2) is 10.9 Å². The molecule has 1 aliphatic carbocycles. The molecule has 1 amide bonds. The minimum Gasteiger partial charge on any atom is -0.339 e. The fourth-order valence-electron chi connectivity index (χ4n) is 2.76. The fraction of sp³-hybridized carbons (Fsp3) is 0.643. The Morgan fingerprint density at radius 2 is 2.00 bits per heavy atom. The van der Waals surface area contributed by atoms with E-state index in [2.05, 4.69) is 5.10 Å². The second-order valence-corrected chi connectivity index (χ2v) is 6.54. The van der Waals surface area contributed by atoms with Gasteiger partial charge in [-0.1, -0.05) is 0 Å². The molecule has 5 nitrogen and oxygen atoms in total. The van der Waals surface area contributed by atoms with Gasteiger partial charge >= 0.3 is 0 Å². The molecule has 1 aromatic rings. The number of rotatable bonds is 2. The van der Waals surface area contributed by atoms with Gasteiger partial charge in [0.05, 0.1) is 5.69 Å². The van der Waals surface area contributed by atoms with Crippen LogP contribution in [0.2, 0.25) is 0 Å². The summed E-state index contributed by atoms with van der Waals surface area (Å²) in [5.74, 6) is 1.98. The molecule has 108 valence electrons. The third kappa shape index (κ3) is 2.90. The number of fused-ring (bicyclic) bond motifs is 1. The highest BCUT2D eigenvalue weighted by Gasteiger charge is 2.19. The standard InChI is InChI=1S/C14H19N3O2S/c18-13-9-11-3-1-2-4-12(11)15-17(13)10-14(19)16-5-7-20-8-6-16/h9H,1-8,10H2. The average molecular weight is 293 g/mol. The highest BCUT2D eigenvalue weighted by molar-refractivity contribution is 7.99. The van der Waals surface area contributed by atoms with Crippen molar-refractivity contribution in [1.29, 1.82) is 0 Å². The van der Waals surface area contributed by atoms with E-state index in [0.717, 1.165) is 61.5 Å². The zero-order chi connectivity index (χ0) is 13.9. The molecule has 3 rings (SSSR count). The first-order chi connectivity index (χ1) is 9.74. The van der Waals surface area contributed by atoms with Crippen molar-refractivity contribution in [3.63, 3.8) is 0 Å². The predicted octanol–water partition coefficient (Wildman–Crippen LogP) is 0.697. The van der Waals surface area contributed by atoms with Gasteiger partial charge in [-0.15, -0.1) is 0 Å². The topological polar surface area (TPSA) is 55.2 Å². The molecular weight excluding hydrogens is 274 g/mol. The van der Waals surface area contributed by atoms with Crippen molar-refractivity contribution in [2.45, 2.75) is 32.2 Å². The molecule has 1 fully saturated rings. The number of carbonyl (C=O) groups is 1. The van der Waals surface area contributed by atoms with Gasteiger partial charge in [0.25, 0.3) is 5.56 Å². The quantitative estimate of drug-likeness (QED) is 0.805. The lowest BCUT2D eigenvalue weighted by Gasteiger charge is -2.26. The number of thioether (sulfide) groups is 1. The first-order valence-electron chi connectivity index (χ1n) is 7.19. The maximum absolute atomic E-state index is 12.2. The molecule has 6 heteroatoms. The van der Waals surface area contributed by atoms with Crippen LogP contribution in [0.1, 0.15) is 24.1 Å². The first-order valence-corrected chi connectivity index (χ1v) is 8.35. The van der Waals surface area contributed by atoms with E-state index >= 15 is 0 Å². The molecule has 20 heavy (non-hydrogen) atoms. The number of hydrogen-bond donors (Lipinski definition) is 0. The van der Waals surface area contributed by atoms with E-state index in [9.17, 15) is 9.59 Å². The number of nitrogens with zero attached hydrogens (tertiary/aromatic N) is 3. The summed E-state index contributed by atoms with van der Waals surface area (Å²) in [6.45, 7) is 1.64. The third-order valence-electron chi connectivity index (χ3n) is 3.92. The maximum atomic E-state index is 12.2. The molecule has 1 saturated heterocycles. The van der Waals surface area contributed by atoms with Gasteiger partial charge in [-0.05, 0) is 31.2 Å². The van der Waals surface area contributed by atoms with Crippen LogP contribution in [-0.4, -0.2) is 45.2 Å². The van der Waals surface area contributed by atoms with E-state index in [-0.39, 0.29) is 18.0 Å². The van der Waals surface area contributed by atoms with Crippen molar-refractivity contribution in [3.8, 4) is 0 Å². The van der Waals surface area contributed by atoms with Crippen LogP contribution in [0.4, 0.5) is 0 Å². The van der Waals surface area contributed by atoms with Crippen molar-refractivity contribution >= 4 is 17.7 Å². The van der Waals surface area contributed by atoms with E-state index in [1.165, 1.54) is 4.68 Å². The zero-order valence-corrected chi connectivity index (χ0v) is 12.3. The van der Waals surface area contributed by atoms with Gasteiger partial charge < -0.3 is 4.90 Å². The van der Waals surface area contributed by atoms with Gasteiger partial charge in [0, 0.05) is 30.7 Å². The Balaban J connectivity index is 1.76. The summed E-state index contributed by atoms with van der Waals surface area (Å²) in [6.07, 6.45) is 4.11. The third-order valence-corrected chi connectivity index (χ3v) is 4.87. The molecule has 0 radical (unpaired) electrons. The first kappa shape index (κ1) is 13.7. The molecule has 0 bridgehead atoms. The summed E-state index contributed by atoms with van der Waals surface area (Å²) < 4.78 is 1.34. The van der Waals surface area contributed by atoms with E-state index in [1.54, 1.807) is 6.07 Å². The summed E-state index contributed by atoms with van der Waals surface area (Å²) in [5, 5.41) is 4.40. The van der Waals surface area contributed by atoms with Crippen LogP contribution in [-0.2, 0) is 24.2 Å². The van der Waals surface area contributed by atoms with Crippen LogP contribution < -0.4 is 5.56 Å². The van der Waals surface area contributed by atoms with Crippen molar-refractivity contribution in [2.75, 3.05) is 24.6 Å². The van der Waals surface area contributed by atoms with Gasteiger partial charge in [0.15, 0.2) is 0 Å². The average Bonchev–Trinajstić information content (AvgIpc) is 2.49. The Bertz CT molecular complexity index is 564. The fourth-order valence-corrected chi connectivity index (χ4v) is 3.66. The number of carbonyl (C=O) groups excluding carboxylic acids is 1. The minimum atomic E-state index is -0.148. The molecule has 0 unspecified atom stereocenters. The van der Waals surface area contributed by atoms with Crippen LogP contribution in [0, 0.1) is 0 Å². The SMILES string of the molecule is O=C(Cn1nc2c(cc1=O)CCCC2)N1CCSCC1. The minimum absolute atomic E-state index is 0.00987. The van der Waals surface area contributed by atoms with Crippen LogP contribution in [0.5, 0.6) is 0 Å². The van der Waals surface area contributed by atoms with Gasteiger partial charge in [0.1, 0.15) is 6.54 Å². The van der Waals surface area contributed by atoms with E-state index in [4.69, 9.17) is 0 Å². The number of aromatic nitrogens is 2. The smallest absolute Gasteiger partial charge is 0.267 e. The largest absolute Gasteiger partial charge is 0.339 e.